The van der Waals surface area contributed by atoms with Crippen LogP contribution in [0.15, 0.2) is 47.1 Å². The number of furan rings is 1. The fourth-order valence-electron chi connectivity index (χ4n) is 2.13. The number of carbonyl (C=O) groups is 2. The number of methoxy groups -OCH3 is 1. The summed E-state index contributed by atoms with van der Waals surface area (Å²) in [5.41, 5.74) is 3.52. The van der Waals surface area contributed by atoms with Crippen LogP contribution in [-0.4, -0.2) is 29.7 Å². The number of nitrogens with zero attached hydrogens (tertiary/aromatic N) is 1. The van der Waals surface area contributed by atoms with Crippen LogP contribution in [0.5, 0.6) is 5.75 Å². The van der Waals surface area contributed by atoms with Crippen LogP contribution in [-0.2, 0) is 4.79 Å². The molecule has 1 atom stereocenters. The maximum absolute atomic E-state index is 12.1. The number of thioether (sulfide) groups is 1. The van der Waals surface area contributed by atoms with Crippen molar-refractivity contribution in [2.24, 2.45) is 0 Å². The van der Waals surface area contributed by atoms with Gasteiger partial charge >= 0.3 is 5.91 Å². The Labute approximate surface area is 131 Å². The summed E-state index contributed by atoms with van der Waals surface area (Å²) >= 11 is 1.45. The molecule has 0 spiro atoms. The molecule has 1 N–H and O–H groups in total. The van der Waals surface area contributed by atoms with Gasteiger partial charge in [-0.25, -0.2) is 5.01 Å². The summed E-state index contributed by atoms with van der Waals surface area (Å²) in [6, 6.07) is 10.6. The molecule has 1 fully saturated rings. The third-order valence-electron chi connectivity index (χ3n) is 3.24. The van der Waals surface area contributed by atoms with Crippen molar-refractivity contribution in [2.75, 3.05) is 12.9 Å². The largest absolute Gasteiger partial charge is 0.497 e. The molecule has 1 aromatic heterocycles. The van der Waals surface area contributed by atoms with E-state index in [0.29, 0.717) is 5.75 Å². The lowest BCUT2D eigenvalue weighted by atomic mass is 10.2. The van der Waals surface area contributed by atoms with Crippen molar-refractivity contribution in [1.29, 1.82) is 0 Å². The Balaban J connectivity index is 1.78. The van der Waals surface area contributed by atoms with Gasteiger partial charge in [0.25, 0.3) is 5.91 Å². The molecule has 1 saturated heterocycles. The zero-order chi connectivity index (χ0) is 15.5. The van der Waals surface area contributed by atoms with Gasteiger partial charge in [0.05, 0.1) is 19.1 Å². The van der Waals surface area contributed by atoms with Crippen LogP contribution in [0.25, 0.3) is 0 Å². The van der Waals surface area contributed by atoms with E-state index in [0.717, 1.165) is 11.3 Å². The second-order valence-corrected chi connectivity index (χ2v) is 5.69. The number of carbonyl (C=O) groups excluding carboxylic acids is 2. The monoisotopic (exact) mass is 318 g/mol. The maximum Gasteiger partial charge on any atom is 0.305 e. The fourth-order valence-corrected chi connectivity index (χ4v) is 3.24. The van der Waals surface area contributed by atoms with Crippen molar-refractivity contribution >= 4 is 23.6 Å². The molecule has 114 valence electrons. The van der Waals surface area contributed by atoms with Crippen LogP contribution < -0.4 is 10.2 Å². The average Bonchev–Trinajstić information content (AvgIpc) is 3.19. The first-order valence-electron chi connectivity index (χ1n) is 6.61. The Kier molecular flexibility index (Phi) is 4.06. The van der Waals surface area contributed by atoms with E-state index in [1.54, 1.807) is 19.2 Å². The van der Waals surface area contributed by atoms with Crippen LogP contribution >= 0.6 is 11.8 Å². The molecule has 2 heterocycles. The average molecular weight is 318 g/mol. The Morgan fingerprint density at radius 1 is 1.36 bits per heavy atom. The highest BCUT2D eigenvalue weighted by Crippen LogP contribution is 2.37. The molecule has 0 radical (unpaired) electrons. The smallest absolute Gasteiger partial charge is 0.305 e. The number of hydrazine groups is 1. The second kappa shape index (κ2) is 6.15. The number of hydrogen-bond donors (Lipinski definition) is 1. The van der Waals surface area contributed by atoms with Gasteiger partial charge in [-0.05, 0) is 29.8 Å². The minimum Gasteiger partial charge on any atom is -0.497 e. The molecule has 0 aliphatic carbocycles. The van der Waals surface area contributed by atoms with Gasteiger partial charge in [-0.2, -0.15) is 0 Å². The lowest BCUT2D eigenvalue weighted by Crippen LogP contribution is -2.44. The zero-order valence-electron chi connectivity index (χ0n) is 11.8. The highest BCUT2D eigenvalue weighted by Gasteiger charge is 2.34. The molecule has 7 heteroatoms. The lowest BCUT2D eigenvalue weighted by Gasteiger charge is -2.24. The van der Waals surface area contributed by atoms with Crippen molar-refractivity contribution in [1.82, 2.24) is 10.4 Å². The van der Waals surface area contributed by atoms with Gasteiger partial charge in [-0.3, -0.25) is 15.0 Å². The molecule has 1 unspecified atom stereocenters. The highest BCUT2D eigenvalue weighted by atomic mass is 32.2. The van der Waals surface area contributed by atoms with Crippen LogP contribution in [0, 0.1) is 0 Å². The minimum absolute atomic E-state index is 0.147. The van der Waals surface area contributed by atoms with Crippen LogP contribution in [0.3, 0.4) is 0 Å². The van der Waals surface area contributed by atoms with Gasteiger partial charge in [0.15, 0.2) is 5.76 Å². The van der Waals surface area contributed by atoms with E-state index in [2.05, 4.69) is 5.43 Å². The Bertz CT molecular complexity index is 669. The van der Waals surface area contributed by atoms with Gasteiger partial charge in [-0.1, -0.05) is 12.1 Å². The van der Waals surface area contributed by atoms with Gasteiger partial charge in [0, 0.05) is 0 Å². The highest BCUT2D eigenvalue weighted by molar-refractivity contribution is 8.00. The molecule has 6 nitrogen and oxygen atoms in total. The third-order valence-corrected chi connectivity index (χ3v) is 4.45. The number of hydrogen-bond acceptors (Lipinski definition) is 5. The Hall–Kier alpha value is -2.41. The molecular formula is C15H14N2O4S. The number of benzene rings is 1. The molecular weight excluding hydrogens is 304 g/mol. The van der Waals surface area contributed by atoms with Gasteiger partial charge in [0.2, 0.25) is 0 Å². The van der Waals surface area contributed by atoms with E-state index >= 15 is 0 Å². The summed E-state index contributed by atoms with van der Waals surface area (Å²) in [7, 11) is 1.60. The van der Waals surface area contributed by atoms with E-state index in [1.807, 2.05) is 24.3 Å². The molecule has 22 heavy (non-hydrogen) atoms. The Morgan fingerprint density at radius 2 is 2.14 bits per heavy atom. The molecule has 1 aliphatic heterocycles. The number of ether oxygens (including phenoxy) is 1. The summed E-state index contributed by atoms with van der Waals surface area (Å²) in [5, 5.41) is 1.08. The van der Waals surface area contributed by atoms with Crippen LogP contribution in [0.1, 0.15) is 21.5 Å². The van der Waals surface area contributed by atoms with Crippen molar-refractivity contribution in [3.63, 3.8) is 0 Å². The summed E-state index contributed by atoms with van der Waals surface area (Å²) < 4.78 is 10.2. The number of rotatable bonds is 4. The lowest BCUT2D eigenvalue weighted by molar-refractivity contribution is -0.130. The molecule has 3 rings (SSSR count). The number of amides is 2. The van der Waals surface area contributed by atoms with E-state index in [-0.39, 0.29) is 17.0 Å². The molecule has 2 amide bonds. The first-order chi connectivity index (χ1) is 10.7. The van der Waals surface area contributed by atoms with Crippen molar-refractivity contribution < 1.29 is 18.7 Å². The SMILES string of the molecule is COc1ccc(C2SCC(=O)N2NC(=O)c2ccco2)cc1. The first kappa shape index (κ1) is 14.5. The van der Waals surface area contributed by atoms with Crippen LogP contribution in [0.4, 0.5) is 0 Å². The normalized spacial score (nSPS) is 17.6. The van der Waals surface area contributed by atoms with Crippen molar-refractivity contribution in [3.05, 3.63) is 54.0 Å². The third kappa shape index (κ3) is 2.80. The molecule has 1 aromatic carbocycles. The minimum atomic E-state index is -0.445. The topological polar surface area (TPSA) is 71.8 Å². The van der Waals surface area contributed by atoms with E-state index in [4.69, 9.17) is 9.15 Å². The molecule has 2 aromatic rings. The predicted molar refractivity (Wildman–Crippen MR) is 81.2 cm³/mol. The Morgan fingerprint density at radius 3 is 2.77 bits per heavy atom. The fraction of sp³-hybridized carbons (Fsp3) is 0.200. The van der Waals surface area contributed by atoms with Gasteiger partial charge < -0.3 is 9.15 Å². The summed E-state index contributed by atoms with van der Waals surface area (Å²) in [6.07, 6.45) is 1.41. The second-order valence-electron chi connectivity index (χ2n) is 4.62. The van der Waals surface area contributed by atoms with Crippen LogP contribution in [0.2, 0.25) is 0 Å². The molecule has 0 bridgehead atoms. The van der Waals surface area contributed by atoms with Gasteiger partial charge in [-0.15, -0.1) is 11.8 Å². The molecule has 1 aliphatic rings. The van der Waals surface area contributed by atoms with E-state index < -0.39 is 5.91 Å². The number of nitrogens with one attached hydrogen (secondary N) is 1. The molecule has 0 saturated carbocycles. The van der Waals surface area contributed by atoms with E-state index in [9.17, 15) is 9.59 Å². The van der Waals surface area contributed by atoms with Gasteiger partial charge in [0.1, 0.15) is 11.1 Å². The summed E-state index contributed by atoms with van der Waals surface area (Å²) in [6.45, 7) is 0. The summed E-state index contributed by atoms with van der Waals surface area (Å²) in [5.74, 6) is 0.627. The first-order valence-corrected chi connectivity index (χ1v) is 7.66. The summed E-state index contributed by atoms with van der Waals surface area (Å²) in [4.78, 5) is 24.1. The zero-order valence-corrected chi connectivity index (χ0v) is 12.6. The predicted octanol–water partition coefficient (Wildman–Crippen LogP) is 2.21. The maximum atomic E-state index is 12.1. The quantitative estimate of drug-likeness (QED) is 0.936. The van der Waals surface area contributed by atoms with Crippen molar-refractivity contribution in [3.8, 4) is 5.75 Å². The standard InChI is InChI=1S/C15H14N2O4S/c1-20-11-6-4-10(5-7-11)15-17(13(18)9-22-15)16-14(19)12-3-2-8-21-12/h2-8,15H,9H2,1H3,(H,16,19). The van der Waals surface area contributed by atoms with E-state index in [1.165, 1.54) is 23.0 Å². The van der Waals surface area contributed by atoms with Crippen molar-refractivity contribution in [2.45, 2.75) is 5.37 Å².